The molecule has 2 amide bonds. The van der Waals surface area contributed by atoms with E-state index in [2.05, 4.69) is 38.8 Å². The molecular weight excluding hydrogens is 442 g/mol. The van der Waals surface area contributed by atoms with Crippen molar-refractivity contribution in [2.24, 2.45) is 0 Å². The molecule has 0 spiro atoms. The summed E-state index contributed by atoms with van der Waals surface area (Å²) in [5.41, 5.74) is 8.78. The van der Waals surface area contributed by atoms with E-state index in [0.29, 0.717) is 11.1 Å². The predicted molar refractivity (Wildman–Crippen MR) is 121 cm³/mol. The normalized spacial score (nSPS) is 15.4. The van der Waals surface area contributed by atoms with Gasteiger partial charge in [-0.1, -0.05) is 51.8 Å². The summed E-state index contributed by atoms with van der Waals surface area (Å²) in [6.45, 7) is 6.09. The highest BCUT2D eigenvalue weighted by Gasteiger charge is 2.36. The van der Waals surface area contributed by atoms with Gasteiger partial charge in [-0.2, -0.15) is 0 Å². The predicted octanol–water partition coefficient (Wildman–Crippen LogP) is 5.29. The van der Waals surface area contributed by atoms with Gasteiger partial charge in [0.25, 0.3) is 11.8 Å². The molecule has 152 valence electrons. The van der Waals surface area contributed by atoms with E-state index in [1.54, 1.807) is 30.3 Å². The van der Waals surface area contributed by atoms with E-state index in [4.69, 9.17) is 0 Å². The first-order chi connectivity index (χ1) is 14.3. The maximum atomic E-state index is 13.5. The smallest absolute Gasteiger partial charge is 0.276 e. The monoisotopic (exact) mass is 463 g/mol. The number of hydrazine groups is 1. The minimum Gasteiger partial charge on any atom is -0.359 e. The van der Waals surface area contributed by atoms with Crippen LogP contribution in [0.2, 0.25) is 0 Å². The molecule has 3 aromatic rings. The van der Waals surface area contributed by atoms with Crippen LogP contribution < -0.4 is 10.7 Å². The maximum absolute atomic E-state index is 13.5. The molecule has 0 saturated carbocycles. The summed E-state index contributed by atoms with van der Waals surface area (Å²) in [4.78, 5) is 26.4. The summed E-state index contributed by atoms with van der Waals surface area (Å²) in [7, 11) is 0. The number of amides is 2. The van der Waals surface area contributed by atoms with Crippen LogP contribution in [0.1, 0.15) is 49.1 Å². The number of halogens is 1. The van der Waals surface area contributed by atoms with Crippen molar-refractivity contribution in [3.05, 3.63) is 98.5 Å². The number of nitrogens with zero attached hydrogens (tertiary/aromatic N) is 1. The molecule has 1 atom stereocenters. The third kappa shape index (κ3) is 3.71. The quantitative estimate of drug-likeness (QED) is 0.554. The zero-order valence-corrected chi connectivity index (χ0v) is 18.6. The number of hydrogen-bond donors (Lipinski definition) is 2. The number of anilines is 1. The van der Waals surface area contributed by atoms with Crippen molar-refractivity contribution in [3.8, 4) is 0 Å². The second-order valence-corrected chi connectivity index (χ2v) is 8.45. The van der Waals surface area contributed by atoms with Gasteiger partial charge >= 0.3 is 0 Å². The second-order valence-electron chi connectivity index (χ2n) is 7.53. The van der Waals surface area contributed by atoms with Gasteiger partial charge < -0.3 is 5.32 Å². The van der Waals surface area contributed by atoms with Crippen LogP contribution in [0.25, 0.3) is 0 Å². The lowest BCUT2D eigenvalue weighted by atomic mass is 9.95. The highest BCUT2D eigenvalue weighted by Crippen LogP contribution is 2.36. The fourth-order valence-electron chi connectivity index (χ4n) is 3.98. The Bertz CT molecular complexity index is 1120. The van der Waals surface area contributed by atoms with Crippen LogP contribution in [0.5, 0.6) is 0 Å². The number of benzene rings is 3. The van der Waals surface area contributed by atoms with Gasteiger partial charge in [-0.15, -0.1) is 0 Å². The van der Waals surface area contributed by atoms with E-state index in [0.717, 1.165) is 32.4 Å². The van der Waals surface area contributed by atoms with Crippen molar-refractivity contribution in [2.45, 2.75) is 26.9 Å². The molecule has 4 rings (SSSR count). The van der Waals surface area contributed by atoms with Crippen LogP contribution >= 0.6 is 15.9 Å². The first kappa shape index (κ1) is 20.2. The van der Waals surface area contributed by atoms with Crippen molar-refractivity contribution >= 4 is 33.4 Å². The van der Waals surface area contributed by atoms with Gasteiger partial charge in [0.15, 0.2) is 0 Å². The first-order valence-corrected chi connectivity index (χ1v) is 10.5. The van der Waals surface area contributed by atoms with Crippen LogP contribution in [0, 0.1) is 20.8 Å². The fraction of sp³-hybridized carbons (Fsp3) is 0.167. The molecule has 1 aliphatic rings. The number of nitrogens with one attached hydrogen (secondary N) is 2. The third-order valence-electron chi connectivity index (χ3n) is 5.25. The molecule has 0 saturated heterocycles. The van der Waals surface area contributed by atoms with Crippen molar-refractivity contribution < 1.29 is 9.59 Å². The lowest BCUT2D eigenvalue weighted by Gasteiger charge is -2.39. The second kappa shape index (κ2) is 7.95. The Kier molecular flexibility index (Phi) is 5.35. The number of aryl methyl sites for hydroxylation is 3. The van der Waals surface area contributed by atoms with E-state index in [-0.39, 0.29) is 11.8 Å². The van der Waals surface area contributed by atoms with Crippen LogP contribution in [-0.2, 0) is 0 Å². The van der Waals surface area contributed by atoms with Crippen LogP contribution in [0.15, 0.2) is 65.1 Å². The van der Waals surface area contributed by atoms with Crippen LogP contribution in [-0.4, -0.2) is 16.8 Å². The standard InChI is InChI=1S/C24H22BrN3O2/c1-14-11-15(2)21(16(3)12-14)22-26-20-10-9-18(25)13-19(20)24(30)28(22)27-23(29)17-7-5-4-6-8-17/h4-13,22,26H,1-3H3,(H,27,29). The summed E-state index contributed by atoms with van der Waals surface area (Å²) in [5.74, 6) is -0.602. The number of fused-ring (bicyclic) bond motifs is 1. The molecule has 0 aromatic heterocycles. The van der Waals surface area contributed by atoms with Gasteiger partial charge in [0.05, 0.1) is 5.56 Å². The van der Waals surface area contributed by atoms with Crippen LogP contribution in [0.4, 0.5) is 5.69 Å². The molecule has 0 bridgehead atoms. The van der Waals surface area contributed by atoms with Gasteiger partial charge in [0.1, 0.15) is 6.17 Å². The zero-order valence-electron chi connectivity index (χ0n) is 17.0. The van der Waals surface area contributed by atoms with E-state index in [1.807, 2.05) is 39.0 Å². The van der Waals surface area contributed by atoms with Gasteiger partial charge in [-0.3, -0.25) is 15.0 Å². The first-order valence-electron chi connectivity index (χ1n) is 9.68. The van der Waals surface area contributed by atoms with Crippen molar-refractivity contribution in [1.82, 2.24) is 10.4 Å². The van der Waals surface area contributed by atoms with Crippen molar-refractivity contribution in [1.29, 1.82) is 0 Å². The highest BCUT2D eigenvalue weighted by molar-refractivity contribution is 9.10. The Morgan fingerprint density at radius 1 is 1.00 bits per heavy atom. The Morgan fingerprint density at radius 2 is 1.67 bits per heavy atom. The maximum Gasteiger partial charge on any atom is 0.276 e. The molecule has 0 radical (unpaired) electrons. The molecule has 2 N–H and O–H groups in total. The average Bonchev–Trinajstić information content (AvgIpc) is 2.71. The van der Waals surface area contributed by atoms with E-state index < -0.39 is 6.17 Å². The molecule has 0 fully saturated rings. The Hall–Kier alpha value is -3.12. The third-order valence-corrected chi connectivity index (χ3v) is 5.74. The highest BCUT2D eigenvalue weighted by atomic mass is 79.9. The van der Waals surface area contributed by atoms with Gasteiger partial charge in [0, 0.05) is 21.3 Å². The van der Waals surface area contributed by atoms with Crippen molar-refractivity contribution in [2.75, 3.05) is 5.32 Å². The minimum atomic E-state index is -0.528. The van der Waals surface area contributed by atoms with Gasteiger partial charge in [-0.25, -0.2) is 5.01 Å². The Balaban J connectivity index is 1.80. The lowest BCUT2D eigenvalue weighted by Crippen LogP contribution is -2.53. The molecular formula is C24H22BrN3O2. The SMILES string of the molecule is Cc1cc(C)c(C2Nc3ccc(Br)cc3C(=O)N2NC(=O)c2ccccc2)c(C)c1. The molecule has 5 nitrogen and oxygen atoms in total. The summed E-state index contributed by atoms with van der Waals surface area (Å²) >= 11 is 3.43. The van der Waals surface area contributed by atoms with E-state index in [1.165, 1.54) is 5.01 Å². The number of carbonyl (C=O) groups is 2. The molecule has 1 unspecified atom stereocenters. The van der Waals surface area contributed by atoms with E-state index in [9.17, 15) is 9.59 Å². The fourth-order valence-corrected chi connectivity index (χ4v) is 4.34. The van der Waals surface area contributed by atoms with Crippen molar-refractivity contribution in [3.63, 3.8) is 0 Å². The molecule has 30 heavy (non-hydrogen) atoms. The summed E-state index contributed by atoms with van der Waals surface area (Å²) in [6.07, 6.45) is -0.528. The van der Waals surface area contributed by atoms with Gasteiger partial charge in [-0.05, 0) is 62.2 Å². The minimum absolute atomic E-state index is 0.265. The molecule has 0 aliphatic carbocycles. The number of hydrogen-bond acceptors (Lipinski definition) is 3. The average molecular weight is 464 g/mol. The largest absolute Gasteiger partial charge is 0.359 e. The topological polar surface area (TPSA) is 61.4 Å². The number of carbonyl (C=O) groups excluding carboxylic acids is 2. The molecule has 6 heteroatoms. The molecule has 1 heterocycles. The van der Waals surface area contributed by atoms with Crippen LogP contribution in [0.3, 0.4) is 0 Å². The zero-order chi connectivity index (χ0) is 21.4. The van der Waals surface area contributed by atoms with Gasteiger partial charge in [0.2, 0.25) is 0 Å². The lowest BCUT2D eigenvalue weighted by molar-refractivity contribution is 0.0489. The Labute approximate surface area is 184 Å². The molecule has 1 aliphatic heterocycles. The Morgan fingerprint density at radius 3 is 2.33 bits per heavy atom. The summed E-state index contributed by atoms with van der Waals surface area (Å²) < 4.78 is 0.798. The molecule has 3 aromatic carbocycles. The summed E-state index contributed by atoms with van der Waals surface area (Å²) in [6, 6.07) is 18.6. The summed E-state index contributed by atoms with van der Waals surface area (Å²) in [5, 5.41) is 4.85. The van der Waals surface area contributed by atoms with E-state index >= 15 is 0 Å². The number of rotatable bonds is 3.